The lowest BCUT2D eigenvalue weighted by Gasteiger charge is -2.06. The van der Waals surface area contributed by atoms with E-state index in [0.29, 0.717) is 6.61 Å². The van der Waals surface area contributed by atoms with Crippen molar-refractivity contribution in [1.29, 1.82) is 0 Å². The van der Waals surface area contributed by atoms with Crippen molar-refractivity contribution in [3.8, 4) is 5.75 Å². The highest BCUT2D eigenvalue weighted by atomic mass is 16.5. The van der Waals surface area contributed by atoms with Gasteiger partial charge in [-0.1, -0.05) is 18.2 Å². The number of carbonyl (C=O) groups excluding carboxylic acids is 1. The maximum atomic E-state index is 11.4. The molecule has 98 valence electrons. The Morgan fingerprint density at radius 2 is 2.06 bits per heavy atom. The van der Waals surface area contributed by atoms with E-state index in [2.05, 4.69) is 0 Å². The predicted molar refractivity (Wildman–Crippen MR) is 70.7 cm³/mol. The van der Waals surface area contributed by atoms with Gasteiger partial charge in [0.1, 0.15) is 18.9 Å². The van der Waals surface area contributed by atoms with E-state index in [9.17, 15) is 4.79 Å². The monoisotopic (exact) mass is 250 g/mol. The van der Waals surface area contributed by atoms with Gasteiger partial charge in [0.2, 0.25) is 0 Å². The van der Waals surface area contributed by atoms with E-state index in [1.54, 1.807) is 13.2 Å². The number of ether oxygens (including phenoxy) is 2. The molecule has 0 saturated heterocycles. The summed E-state index contributed by atoms with van der Waals surface area (Å²) >= 11 is 0. The number of rotatable bonds is 6. The Bertz CT molecular complexity index is 413. The maximum Gasteiger partial charge on any atom is 0.330 e. The molecule has 0 saturated carbocycles. The molecule has 0 unspecified atom stereocenters. The molecule has 1 aromatic rings. The fraction of sp³-hybridized carbons (Fsp3) is 0.357. The average molecular weight is 250 g/mol. The zero-order valence-corrected chi connectivity index (χ0v) is 11.1. The molecule has 0 aliphatic carbocycles. The molecule has 0 heterocycles. The van der Waals surface area contributed by atoms with Crippen molar-refractivity contribution < 1.29 is 19.2 Å². The molecule has 0 aromatic heterocycles. The first-order valence-electron chi connectivity index (χ1n) is 5.90. The van der Waals surface area contributed by atoms with Crippen LogP contribution in [0.3, 0.4) is 0 Å². The third-order valence-electron chi connectivity index (χ3n) is 2.38. The van der Waals surface area contributed by atoms with Crippen LogP contribution in [0.5, 0.6) is 5.75 Å². The van der Waals surface area contributed by atoms with Crippen molar-refractivity contribution in [1.82, 2.24) is 0 Å². The molecule has 1 N–H and O–H groups in total. The number of hydrogen-bond acceptors (Lipinski definition) is 3. The molecular formula is C14H20NO3+. The van der Waals surface area contributed by atoms with Crippen LogP contribution < -0.4 is 9.64 Å². The van der Waals surface area contributed by atoms with Gasteiger partial charge < -0.3 is 14.4 Å². The number of nitrogens with one attached hydrogen (secondary N) is 1. The lowest BCUT2D eigenvalue weighted by molar-refractivity contribution is -0.858. The number of carbonyl (C=O) groups is 1. The zero-order valence-electron chi connectivity index (χ0n) is 11.1. The van der Waals surface area contributed by atoms with Crippen LogP contribution in [0.1, 0.15) is 5.56 Å². The summed E-state index contributed by atoms with van der Waals surface area (Å²) in [7, 11) is 5.63. The minimum atomic E-state index is -0.331. The van der Waals surface area contributed by atoms with Crippen LogP contribution in [0.4, 0.5) is 0 Å². The highest BCUT2D eigenvalue weighted by Gasteiger charge is 2.01. The zero-order chi connectivity index (χ0) is 13.4. The van der Waals surface area contributed by atoms with Gasteiger partial charge in [-0.25, -0.2) is 4.79 Å². The van der Waals surface area contributed by atoms with Crippen LogP contribution in [0.25, 0.3) is 6.08 Å². The quantitative estimate of drug-likeness (QED) is 0.587. The number of esters is 1. The van der Waals surface area contributed by atoms with E-state index >= 15 is 0 Å². The van der Waals surface area contributed by atoms with E-state index in [4.69, 9.17) is 9.47 Å². The molecule has 4 nitrogen and oxygen atoms in total. The summed E-state index contributed by atoms with van der Waals surface area (Å²) in [6, 6.07) is 7.50. The third-order valence-corrected chi connectivity index (χ3v) is 2.38. The van der Waals surface area contributed by atoms with Gasteiger partial charge in [-0.15, -0.1) is 0 Å². The first kappa shape index (κ1) is 14.3. The fourth-order valence-electron chi connectivity index (χ4n) is 1.37. The van der Waals surface area contributed by atoms with Crippen LogP contribution in [-0.2, 0) is 9.53 Å². The number of methoxy groups -OCH3 is 1. The van der Waals surface area contributed by atoms with E-state index in [1.807, 2.05) is 38.4 Å². The van der Waals surface area contributed by atoms with E-state index in [0.717, 1.165) is 17.9 Å². The standard InChI is InChI=1S/C14H19NO3/c1-15(2)10-11-18-14(16)9-8-12-6-4-5-7-13(12)17-3/h4-9H,10-11H2,1-3H3/p+1/b9-8+. The molecule has 0 radical (unpaired) electrons. The largest absolute Gasteiger partial charge is 0.496 e. The highest BCUT2D eigenvalue weighted by Crippen LogP contribution is 2.18. The number of benzene rings is 1. The van der Waals surface area contributed by atoms with Gasteiger partial charge in [-0.3, -0.25) is 0 Å². The highest BCUT2D eigenvalue weighted by molar-refractivity contribution is 5.87. The minimum absolute atomic E-state index is 0.331. The second-order valence-corrected chi connectivity index (χ2v) is 4.20. The molecule has 0 spiro atoms. The molecule has 0 amide bonds. The number of quaternary nitrogens is 1. The summed E-state index contributed by atoms with van der Waals surface area (Å²) in [5, 5.41) is 0. The smallest absolute Gasteiger partial charge is 0.330 e. The second kappa shape index (κ2) is 7.50. The van der Waals surface area contributed by atoms with E-state index in [1.165, 1.54) is 11.0 Å². The van der Waals surface area contributed by atoms with Crippen LogP contribution in [0.2, 0.25) is 0 Å². The first-order valence-corrected chi connectivity index (χ1v) is 5.90. The molecule has 4 heteroatoms. The Hall–Kier alpha value is -1.81. The number of likely N-dealkylation sites (N-methyl/N-ethyl adjacent to an activating group) is 1. The summed E-state index contributed by atoms with van der Waals surface area (Å²) in [6.45, 7) is 1.23. The third kappa shape index (κ3) is 5.01. The van der Waals surface area contributed by atoms with Crippen LogP contribution in [0, 0.1) is 0 Å². The van der Waals surface area contributed by atoms with Crippen LogP contribution >= 0.6 is 0 Å². The Balaban J connectivity index is 2.50. The van der Waals surface area contributed by atoms with Crippen molar-refractivity contribution in [2.24, 2.45) is 0 Å². The van der Waals surface area contributed by atoms with Crippen molar-refractivity contribution in [3.05, 3.63) is 35.9 Å². The van der Waals surface area contributed by atoms with Gasteiger partial charge in [-0.05, 0) is 12.1 Å². The van der Waals surface area contributed by atoms with Gasteiger partial charge in [-0.2, -0.15) is 0 Å². The summed E-state index contributed by atoms with van der Waals surface area (Å²) in [5.41, 5.74) is 0.857. The maximum absolute atomic E-state index is 11.4. The summed E-state index contributed by atoms with van der Waals surface area (Å²) in [6.07, 6.45) is 3.12. The fourth-order valence-corrected chi connectivity index (χ4v) is 1.37. The average Bonchev–Trinajstić information content (AvgIpc) is 2.36. The van der Waals surface area contributed by atoms with Crippen molar-refractivity contribution in [2.45, 2.75) is 0 Å². The second-order valence-electron chi connectivity index (χ2n) is 4.20. The lowest BCUT2D eigenvalue weighted by Crippen LogP contribution is -3.06. The van der Waals surface area contributed by atoms with Crippen LogP contribution in [-0.4, -0.2) is 40.3 Å². The SMILES string of the molecule is COc1ccccc1/C=C/C(=O)OCC[NH+](C)C. The lowest BCUT2D eigenvalue weighted by atomic mass is 10.2. The van der Waals surface area contributed by atoms with Crippen molar-refractivity contribution in [2.75, 3.05) is 34.4 Å². The summed E-state index contributed by atoms with van der Waals surface area (Å²) in [4.78, 5) is 12.7. The molecule has 0 bridgehead atoms. The molecular weight excluding hydrogens is 230 g/mol. The molecule has 0 atom stereocenters. The molecule has 0 aliphatic rings. The minimum Gasteiger partial charge on any atom is -0.496 e. The Labute approximate surface area is 108 Å². The Kier molecular flexibility index (Phi) is 5.94. The van der Waals surface area contributed by atoms with Crippen molar-refractivity contribution >= 4 is 12.0 Å². The van der Waals surface area contributed by atoms with Crippen molar-refractivity contribution in [3.63, 3.8) is 0 Å². The Morgan fingerprint density at radius 3 is 2.72 bits per heavy atom. The first-order chi connectivity index (χ1) is 8.63. The van der Waals surface area contributed by atoms with Gasteiger partial charge in [0, 0.05) is 11.6 Å². The molecule has 18 heavy (non-hydrogen) atoms. The summed E-state index contributed by atoms with van der Waals surface area (Å²) in [5.74, 6) is 0.404. The molecule has 1 rings (SSSR count). The molecule has 0 fully saturated rings. The Morgan fingerprint density at radius 1 is 1.33 bits per heavy atom. The van der Waals surface area contributed by atoms with Gasteiger partial charge in [0.15, 0.2) is 0 Å². The van der Waals surface area contributed by atoms with Crippen LogP contribution in [0.15, 0.2) is 30.3 Å². The van der Waals surface area contributed by atoms with Gasteiger partial charge in [0.25, 0.3) is 0 Å². The van der Waals surface area contributed by atoms with E-state index < -0.39 is 0 Å². The number of para-hydroxylation sites is 1. The normalized spacial score (nSPS) is 10.9. The van der Waals surface area contributed by atoms with E-state index in [-0.39, 0.29) is 5.97 Å². The summed E-state index contributed by atoms with van der Waals surface area (Å²) < 4.78 is 10.2. The molecule has 0 aliphatic heterocycles. The number of hydrogen-bond donors (Lipinski definition) is 1. The molecule has 1 aromatic carbocycles. The van der Waals surface area contributed by atoms with Gasteiger partial charge >= 0.3 is 5.97 Å². The van der Waals surface area contributed by atoms with Gasteiger partial charge in [0.05, 0.1) is 21.2 Å². The predicted octanol–water partition coefficient (Wildman–Crippen LogP) is 0.396. The topological polar surface area (TPSA) is 40.0 Å².